The number of aliphatic hydroxyl groups is 1. The second kappa shape index (κ2) is 4.45. The van der Waals surface area contributed by atoms with Crippen LogP contribution in [0.25, 0.3) is 0 Å². The molecule has 20 heavy (non-hydrogen) atoms. The molecule has 0 aliphatic heterocycles. The molecule has 2 atom stereocenters. The standard InChI is InChI=1S/C15H16N2O3/c1-10-8-17(14(20)16-13(10)19)15(7-12(15)9-18)11-5-3-2-4-6-11/h2-6,8,12,18H,7,9H2,1H3,(H,16,19,20)/t12-,15+/m1/s1. The number of H-pyrrole nitrogens is 1. The van der Waals surface area contributed by atoms with Crippen molar-refractivity contribution in [1.29, 1.82) is 0 Å². The number of aryl methyl sites for hydroxylation is 1. The van der Waals surface area contributed by atoms with Crippen LogP contribution in [0, 0.1) is 12.8 Å². The monoisotopic (exact) mass is 272 g/mol. The normalized spacial score (nSPS) is 24.6. The number of aromatic amines is 1. The van der Waals surface area contributed by atoms with Crippen LogP contribution in [-0.2, 0) is 5.54 Å². The van der Waals surface area contributed by atoms with E-state index < -0.39 is 11.2 Å². The van der Waals surface area contributed by atoms with Crippen molar-refractivity contribution in [3.8, 4) is 0 Å². The van der Waals surface area contributed by atoms with Gasteiger partial charge in [0.15, 0.2) is 0 Å². The highest BCUT2D eigenvalue weighted by atomic mass is 16.3. The maximum absolute atomic E-state index is 12.1. The lowest BCUT2D eigenvalue weighted by atomic mass is 10.0. The molecule has 1 aromatic heterocycles. The van der Waals surface area contributed by atoms with Gasteiger partial charge in [-0.2, -0.15) is 0 Å². The Morgan fingerprint density at radius 3 is 2.65 bits per heavy atom. The molecular formula is C15H16N2O3. The first-order chi connectivity index (χ1) is 9.59. The Hall–Kier alpha value is -2.14. The van der Waals surface area contributed by atoms with E-state index in [1.54, 1.807) is 17.7 Å². The minimum Gasteiger partial charge on any atom is -0.396 e. The number of hydrogen-bond donors (Lipinski definition) is 2. The predicted molar refractivity (Wildman–Crippen MR) is 74.8 cm³/mol. The molecule has 0 spiro atoms. The summed E-state index contributed by atoms with van der Waals surface area (Å²) in [4.78, 5) is 26.0. The van der Waals surface area contributed by atoms with Gasteiger partial charge >= 0.3 is 5.69 Å². The third kappa shape index (κ3) is 1.74. The third-order valence-electron chi connectivity index (χ3n) is 4.12. The minimum atomic E-state index is -0.540. The van der Waals surface area contributed by atoms with Gasteiger partial charge < -0.3 is 5.11 Å². The van der Waals surface area contributed by atoms with E-state index in [1.165, 1.54) is 0 Å². The van der Waals surface area contributed by atoms with Crippen molar-refractivity contribution in [3.63, 3.8) is 0 Å². The topological polar surface area (TPSA) is 75.1 Å². The van der Waals surface area contributed by atoms with Crippen LogP contribution in [0.1, 0.15) is 17.5 Å². The van der Waals surface area contributed by atoms with Crippen LogP contribution < -0.4 is 11.2 Å². The third-order valence-corrected chi connectivity index (χ3v) is 4.12. The summed E-state index contributed by atoms with van der Waals surface area (Å²) in [7, 11) is 0. The zero-order valence-corrected chi connectivity index (χ0v) is 11.2. The van der Waals surface area contributed by atoms with Gasteiger partial charge in [-0.05, 0) is 18.9 Å². The van der Waals surface area contributed by atoms with Crippen LogP contribution >= 0.6 is 0 Å². The smallest absolute Gasteiger partial charge is 0.329 e. The molecule has 5 heteroatoms. The molecule has 1 aliphatic rings. The van der Waals surface area contributed by atoms with E-state index in [9.17, 15) is 14.7 Å². The molecule has 1 heterocycles. The van der Waals surface area contributed by atoms with E-state index in [-0.39, 0.29) is 18.1 Å². The van der Waals surface area contributed by atoms with Crippen molar-refractivity contribution in [2.45, 2.75) is 18.9 Å². The number of benzene rings is 1. The fourth-order valence-electron chi connectivity index (χ4n) is 2.91. The largest absolute Gasteiger partial charge is 0.396 e. The fourth-order valence-corrected chi connectivity index (χ4v) is 2.91. The Balaban J connectivity index is 2.22. The maximum Gasteiger partial charge on any atom is 0.329 e. The van der Waals surface area contributed by atoms with E-state index in [0.717, 1.165) is 5.56 Å². The first-order valence-electron chi connectivity index (χ1n) is 6.59. The highest BCUT2D eigenvalue weighted by molar-refractivity contribution is 5.34. The molecule has 1 fully saturated rings. The van der Waals surface area contributed by atoms with Gasteiger partial charge in [-0.15, -0.1) is 0 Å². The van der Waals surface area contributed by atoms with Gasteiger partial charge in [0.1, 0.15) is 0 Å². The van der Waals surface area contributed by atoms with Crippen LogP contribution in [0.4, 0.5) is 0 Å². The lowest BCUT2D eigenvalue weighted by molar-refractivity contribution is 0.256. The molecule has 1 aliphatic carbocycles. The molecule has 2 aromatic rings. The highest BCUT2D eigenvalue weighted by Crippen LogP contribution is 2.54. The minimum absolute atomic E-state index is 0.00657. The summed E-state index contributed by atoms with van der Waals surface area (Å²) < 4.78 is 1.56. The molecule has 1 aromatic carbocycles. The number of aliphatic hydroxyl groups excluding tert-OH is 1. The first kappa shape index (κ1) is 12.9. The summed E-state index contributed by atoms with van der Waals surface area (Å²) in [5.74, 6) is -0.00657. The average Bonchev–Trinajstić information content (AvgIpc) is 3.19. The maximum atomic E-state index is 12.1. The molecule has 0 amide bonds. The van der Waals surface area contributed by atoms with Crippen molar-refractivity contribution >= 4 is 0 Å². The van der Waals surface area contributed by atoms with E-state index in [2.05, 4.69) is 4.98 Å². The summed E-state index contributed by atoms with van der Waals surface area (Å²) in [5, 5.41) is 9.49. The molecule has 2 N–H and O–H groups in total. The van der Waals surface area contributed by atoms with Crippen LogP contribution in [0.3, 0.4) is 0 Å². The second-order valence-electron chi connectivity index (χ2n) is 5.32. The molecule has 0 unspecified atom stereocenters. The lowest BCUT2D eigenvalue weighted by Gasteiger charge is -2.21. The fraction of sp³-hybridized carbons (Fsp3) is 0.333. The molecule has 5 nitrogen and oxygen atoms in total. The number of aromatic nitrogens is 2. The summed E-state index contributed by atoms with van der Waals surface area (Å²) in [6.07, 6.45) is 2.28. The van der Waals surface area contributed by atoms with Crippen LogP contribution in [0.15, 0.2) is 46.1 Å². The predicted octanol–water partition coefficient (Wildman–Crippen LogP) is 0.601. The Kier molecular flexibility index (Phi) is 2.87. The van der Waals surface area contributed by atoms with Crippen molar-refractivity contribution in [2.24, 2.45) is 5.92 Å². The van der Waals surface area contributed by atoms with Crippen molar-refractivity contribution in [1.82, 2.24) is 9.55 Å². The van der Waals surface area contributed by atoms with E-state index in [0.29, 0.717) is 12.0 Å². The number of hydrogen-bond acceptors (Lipinski definition) is 3. The molecule has 0 radical (unpaired) electrons. The van der Waals surface area contributed by atoms with E-state index in [4.69, 9.17) is 0 Å². The summed E-state index contributed by atoms with van der Waals surface area (Å²) in [6, 6.07) is 9.63. The summed E-state index contributed by atoms with van der Waals surface area (Å²) in [6.45, 7) is 1.68. The molecule has 0 saturated heterocycles. The first-order valence-corrected chi connectivity index (χ1v) is 6.59. The summed E-state index contributed by atoms with van der Waals surface area (Å²) in [5.41, 5.74) is 0.134. The Bertz CT molecular complexity index is 748. The van der Waals surface area contributed by atoms with Crippen LogP contribution in [-0.4, -0.2) is 21.3 Å². The van der Waals surface area contributed by atoms with Crippen LogP contribution in [0.2, 0.25) is 0 Å². The number of nitrogens with one attached hydrogen (secondary N) is 1. The van der Waals surface area contributed by atoms with Gasteiger partial charge in [-0.3, -0.25) is 14.3 Å². The Morgan fingerprint density at radius 1 is 1.35 bits per heavy atom. The number of nitrogens with zero attached hydrogens (tertiary/aromatic N) is 1. The molecule has 3 rings (SSSR count). The molecule has 104 valence electrons. The highest BCUT2D eigenvalue weighted by Gasteiger charge is 2.57. The van der Waals surface area contributed by atoms with Gasteiger partial charge in [0.2, 0.25) is 0 Å². The van der Waals surface area contributed by atoms with Gasteiger partial charge in [0, 0.05) is 24.3 Å². The van der Waals surface area contributed by atoms with Gasteiger partial charge in [0.25, 0.3) is 5.56 Å². The Morgan fingerprint density at radius 2 is 2.05 bits per heavy atom. The lowest BCUT2D eigenvalue weighted by Crippen LogP contribution is -2.38. The van der Waals surface area contributed by atoms with Gasteiger partial charge in [-0.25, -0.2) is 4.79 Å². The molecule has 0 bridgehead atoms. The quantitative estimate of drug-likeness (QED) is 0.859. The van der Waals surface area contributed by atoms with E-state index >= 15 is 0 Å². The van der Waals surface area contributed by atoms with Gasteiger partial charge in [0.05, 0.1) is 5.54 Å². The van der Waals surface area contributed by atoms with Gasteiger partial charge in [-0.1, -0.05) is 30.3 Å². The number of rotatable bonds is 3. The molecule has 1 saturated carbocycles. The zero-order valence-electron chi connectivity index (χ0n) is 11.2. The summed E-state index contributed by atoms with van der Waals surface area (Å²) >= 11 is 0. The average molecular weight is 272 g/mol. The van der Waals surface area contributed by atoms with E-state index in [1.807, 2.05) is 30.3 Å². The molecular weight excluding hydrogens is 256 g/mol. The van der Waals surface area contributed by atoms with Crippen LogP contribution in [0.5, 0.6) is 0 Å². The SMILES string of the molecule is Cc1cn([C@]2(c3ccccc3)C[C@@H]2CO)c(=O)[nH]c1=O. The zero-order chi connectivity index (χ0) is 14.3. The van der Waals surface area contributed by atoms with Crippen molar-refractivity contribution < 1.29 is 5.11 Å². The van der Waals surface area contributed by atoms with Crippen molar-refractivity contribution in [3.05, 3.63) is 68.5 Å². The van der Waals surface area contributed by atoms with Crippen molar-refractivity contribution in [2.75, 3.05) is 6.61 Å². The Labute approximate surface area is 115 Å². The second-order valence-corrected chi connectivity index (χ2v) is 5.32.